The van der Waals surface area contributed by atoms with Crippen molar-refractivity contribution in [2.75, 3.05) is 5.32 Å². The number of pyridine rings is 1. The highest BCUT2D eigenvalue weighted by molar-refractivity contribution is 7.21. The maximum atomic E-state index is 13.5. The molecular weight excluding hydrogens is 298 g/mol. The van der Waals surface area contributed by atoms with E-state index in [-0.39, 0.29) is 16.3 Å². The van der Waals surface area contributed by atoms with E-state index in [1.165, 1.54) is 0 Å². The molecule has 21 heavy (non-hydrogen) atoms. The Labute approximate surface area is 121 Å². The van der Waals surface area contributed by atoms with Crippen molar-refractivity contribution in [1.82, 2.24) is 4.98 Å². The van der Waals surface area contributed by atoms with Crippen molar-refractivity contribution in [2.45, 2.75) is 0 Å². The van der Waals surface area contributed by atoms with E-state index in [0.29, 0.717) is 16.3 Å². The van der Waals surface area contributed by atoms with Crippen LogP contribution < -0.4 is 5.32 Å². The summed E-state index contributed by atoms with van der Waals surface area (Å²) in [6.45, 7) is 0. The van der Waals surface area contributed by atoms with Gasteiger partial charge in [0.05, 0.1) is 11.1 Å². The molecule has 0 atom stereocenters. The number of amides is 1. The summed E-state index contributed by atoms with van der Waals surface area (Å²) in [7, 11) is 0. The Morgan fingerprint density at radius 1 is 1.29 bits per heavy atom. The number of halogens is 2. The molecule has 0 bridgehead atoms. The summed E-state index contributed by atoms with van der Waals surface area (Å²) < 4.78 is 26.3. The SMILES string of the molecule is O=C(Nc1ccc(F)cc1F)c1sc2ncccc2c1O. The average molecular weight is 306 g/mol. The average Bonchev–Trinajstić information content (AvgIpc) is 2.80. The lowest BCUT2D eigenvalue weighted by atomic mass is 10.2. The van der Waals surface area contributed by atoms with Gasteiger partial charge in [-0.15, -0.1) is 11.3 Å². The monoisotopic (exact) mass is 306 g/mol. The van der Waals surface area contributed by atoms with Crippen LogP contribution in [-0.2, 0) is 0 Å². The minimum absolute atomic E-state index is 0.0208. The van der Waals surface area contributed by atoms with Crippen LogP contribution in [0.15, 0.2) is 36.5 Å². The number of aromatic hydroxyl groups is 1. The second kappa shape index (κ2) is 5.10. The lowest BCUT2D eigenvalue weighted by Crippen LogP contribution is -2.11. The van der Waals surface area contributed by atoms with Gasteiger partial charge in [0, 0.05) is 12.3 Å². The first kappa shape index (κ1) is 13.4. The minimum Gasteiger partial charge on any atom is -0.506 e. The third-order valence-corrected chi connectivity index (χ3v) is 3.93. The molecule has 2 heterocycles. The van der Waals surface area contributed by atoms with Gasteiger partial charge in [0.1, 0.15) is 27.1 Å². The van der Waals surface area contributed by atoms with Crippen LogP contribution in [0.3, 0.4) is 0 Å². The Bertz CT molecular complexity index is 848. The molecule has 106 valence electrons. The molecule has 4 nitrogen and oxygen atoms in total. The molecule has 2 N–H and O–H groups in total. The van der Waals surface area contributed by atoms with E-state index < -0.39 is 17.5 Å². The molecule has 0 aliphatic heterocycles. The van der Waals surface area contributed by atoms with Crippen molar-refractivity contribution >= 4 is 33.1 Å². The normalized spacial score (nSPS) is 10.8. The van der Waals surface area contributed by atoms with Crippen LogP contribution in [0.2, 0.25) is 0 Å². The van der Waals surface area contributed by atoms with Crippen molar-refractivity contribution in [3.63, 3.8) is 0 Å². The van der Waals surface area contributed by atoms with E-state index >= 15 is 0 Å². The molecule has 1 aromatic carbocycles. The Morgan fingerprint density at radius 2 is 2.10 bits per heavy atom. The van der Waals surface area contributed by atoms with Crippen LogP contribution in [0.25, 0.3) is 10.2 Å². The molecule has 0 radical (unpaired) electrons. The molecule has 2 aromatic heterocycles. The van der Waals surface area contributed by atoms with Crippen LogP contribution in [0, 0.1) is 11.6 Å². The van der Waals surface area contributed by atoms with Gasteiger partial charge in [-0.25, -0.2) is 13.8 Å². The van der Waals surface area contributed by atoms with E-state index in [0.717, 1.165) is 23.5 Å². The number of benzene rings is 1. The maximum Gasteiger partial charge on any atom is 0.269 e. The standard InChI is InChI=1S/C14H8F2N2O2S/c15-7-3-4-10(9(16)6-7)18-13(20)12-11(19)8-2-1-5-17-14(8)21-12/h1-6,19H,(H,18,20). The summed E-state index contributed by atoms with van der Waals surface area (Å²) in [4.78, 5) is 16.6. The zero-order valence-electron chi connectivity index (χ0n) is 10.4. The van der Waals surface area contributed by atoms with E-state index in [1.54, 1.807) is 18.3 Å². The first-order valence-electron chi connectivity index (χ1n) is 5.89. The fourth-order valence-corrected chi connectivity index (χ4v) is 2.78. The summed E-state index contributed by atoms with van der Waals surface area (Å²) >= 11 is 0.991. The number of aromatic nitrogens is 1. The second-order valence-electron chi connectivity index (χ2n) is 4.21. The predicted molar refractivity (Wildman–Crippen MR) is 75.6 cm³/mol. The third kappa shape index (κ3) is 2.43. The van der Waals surface area contributed by atoms with Gasteiger partial charge in [0.2, 0.25) is 0 Å². The topological polar surface area (TPSA) is 62.2 Å². The zero-order valence-corrected chi connectivity index (χ0v) is 11.2. The Kier molecular flexibility index (Phi) is 3.26. The quantitative estimate of drug-likeness (QED) is 0.761. The number of carbonyl (C=O) groups is 1. The number of thiophene rings is 1. The van der Waals surface area contributed by atoms with Gasteiger partial charge in [-0.3, -0.25) is 4.79 Å². The van der Waals surface area contributed by atoms with Gasteiger partial charge in [-0.1, -0.05) is 0 Å². The molecule has 0 fully saturated rings. The Morgan fingerprint density at radius 3 is 2.81 bits per heavy atom. The molecular formula is C14H8F2N2O2S. The van der Waals surface area contributed by atoms with Crippen LogP contribution in [0.1, 0.15) is 9.67 Å². The Hall–Kier alpha value is -2.54. The summed E-state index contributed by atoms with van der Waals surface area (Å²) in [6, 6.07) is 6.08. The summed E-state index contributed by atoms with van der Waals surface area (Å²) in [5, 5.41) is 12.8. The van der Waals surface area contributed by atoms with Crippen molar-refractivity contribution in [1.29, 1.82) is 0 Å². The summed E-state index contributed by atoms with van der Waals surface area (Å²) in [6.07, 6.45) is 1.54. The largest absolute Gasteiger partial charge is 0.506 e. The van der Waals surface area contributed by atoms with E-state index in [4.69, 9.17) is 0 Å². The number of nitrogens with zero attached hydrogens (tertiary/aromatic N) is 1. The van der Waals surface area contributed by atoms with Crippen molar-refractivity contribution in [3.05, 3.63) is 53.0 Å². The van der Waals surface area contributed by atoms with Crippen molar-refractivity contribution in [3.8, 4) is 5.75 Å². The number of hydrogen-bond acceptors (Lipinski definition) is 4. The number of nitrogens with one attached hydrogen (secondary N) is 1. The first-order valence-corrected chi connectivity index (χ1v) is 6.71. The van der Waals surface area contributed by atoms with Gasteiger partial charge in [0.25, 0.3) is 5.91 Å². The second-order valence-corrected chi connectivity index (χ2v) is 5.21. The van der Waals surface area contributed by atoms with Gasteiger partial charge in [-0.05, 0) is 24.3 Å². The number of carbonyl (C=O) groups excluding carboxylic acids is 1. The first-order chi connectivity index (χ1) is 10.1. The smallest absolute Gasteiger partial charge is 0.269 e. The minimum atomic E-state index is -0.887. The molecule has 1 amide bonds. The molecule has 0 saturated heterocycles. The summed E-state index contributed by atoms with van der Waals surface area (Å²) in [5.74, 6) is -2.51. The van der Waals surface area contributed by atoms with Crippen molar-refractivity contribution in [2.24, 2.45) is 0 Å². The lowest BCUT2D eigenvalue weighted by molar-refractivity contribution is 0.102. The number of hydrogen-bond donors (Lipinski definition) is 2. The molecule has 3 aromatic rings. The van der Waals surface area contributed by atoms with E-state index in [1.807, 2.05) is 0 Å². The third-order valence-electron chi connectivity index (χ3n) is 2.83. The van der Waals surface area contributed by atoms with E-state index in [9.17, 15) is 18.7 Å². The molecule has 0 saturated carbocycles. The van der Waals surface area contributed by atoms with Gasteiger partial charge >= 0.3 is 0 Å². The van der Waals surface area contributed by atoms with Gasteiger partial charge in [-0.2, -0.15) is 0 Å². The van der Waals surface area contributed by atoms with Gasteiger partial charge < -0.3 is 10.4 Å². The zero-order chi connectivity index (χ0) is 15.0. The number of rotatable bonds is 2. The molecule has 0 aliphatic rings. The predicted octanol–water partition coefficient (Wildman–Crippen LogP) is 3.53. The van der Waals surface area contributed by atoms with Crippen LogP contribution in [-0.4, -0.2) is 16.0 Å². The molecule has 0 unspecified atom stereocenters. The number of fused-ring (bicyclic) bond motifs is 1. The van der Waals surface area contributed by atoms with Crippen molar-refractivity contribution < 1.29 is 18.7 Å². The lowest BCUT2D eigenvalue weighted by Gasteiger charge is -2.05. The van der Waals surface area contributed by atoms with E-state index in [2.05, 4.69) is 10.3 Å². The summed E-state index contributed by atoms with van der Waals surface area (Å²) in [5.41, 5.74) is -0.161. The molecule has 0 spiro atoms. The number of anilines is 1. The highest BCUT2D eigenvalue weighted by Crippen LogP contribution is 2.35. The fraction of sp³-hybridized carbons (Fsp3) is 0. The molecule has 3 rings (SSSR count). The molecule has 7 heteroatoms. The molecule has 0 aliphatic carbocycles. The van der Waals surface area contributed by atoms with Crippen LogP contribution >= 0.6 is 11.3 Å². The highest BCUT2D eigenvalue weighted by Gasteiger charge is 2.19. The Balaban J connectivity index is 1.95. The fourth-order valence-electron chi connectivity index (χ4n) is 1.84. The van der Waals surface area contributed by atoms with Gasteiger partial charge in [0.15, 0.2) is 0 Å². The maximum absolute atomic E-state index is 13.5. The highest BCUT2D eigenvalue weighted by atomic mass is 32.1. The van der Waals surface area contributed by atoms with Crippen LogP contribution in [0.4, 0.5) is 14.5 Å². The van der Waals surface area contributed by atoms with Crippen LogP contribution in [0.5, 0.6) is 5.75 Å².